The highest BCUT2D eigenvalue weighted by molar-refractivity contribution is 4.82. The molecule has 0 radical (unpaired) electrons. The predicted octanol–water partition coefficient (Wildman–Crippen LogP) is 2.67. The summed E-state index contributed by atoms with van der Waals surface area (Å²) in [5.74, 6) is 1.37. The summed E-state index contributed by atoms with van der Waals surface area (Å²) in [4.78, 5) is 0. The van der Waals surface area contributed by atoms with Crippen molar-refractivity contribution in [1.82, 2.24) is 0 Å². The highest BCUT2D eigenvalue weighted by Gasteiger charge is 2.30. The Hall–Kier alpha value is -0.0800. The summed E-state index contributed by atoms with van der Waals surface area (Å²) in [6.45, 7) is 10.5. The van der Waals surface area contributed by atoms with E-state index in [1.807, 2.05) is 0 Å². The predicted molar refractivity (Wildman–Crippen MR) is 62.3 cm³/mol. The van der Waals surface area contributed by atoms with E-state index in [0.717, 1.165) is 26.0 Å². The van der Waals surface area contributed by atoms with Gasteiger partial charge in [-0.2, -0.15) is 0 Å². The van der Waals surface area contributed by atoms with Crippen molar-refractivity contribution in [2.75, 3.05) is 20.3 Å². The lowest BCUT2D eigenvalue weighted by molar-refractivity contribution is 0.0517. The maximum atomic E-state index is 5.91. The Balaban J connectivity index is 4.42. The van der Waals surface area contributed by atoms with E-state index < -0.39 is 0 Å². The van der Waals surface area contributed by atoms with Crippen LogP contribution in [0.1, 0.15) is 40.5 Å². The van der Waals surface area contributed by atoms with Crippen LogP contribution in [0, 0.1) is 17.3 Å². The SMILES string of the molecule is COCC(CN)(CC(C)C)CC(C)C. The van der Waals surface area contributed by atoms with Gasteiger partial charge in [-0.25, -0.2) is 0 Å². The van der Waals surface area contributed by atoms with Gasteiger partial charge in [-0.1, -0.05) is 27.7 Å². The fourth-order valence-electron chi connectivity index (χ4n) is 2.47. The molecule has 2 heteroatoms. The largest absolute Gasteiger partial charge is 0.384 e. The fraction of sp³-hybridized carbons (Fsp3) is 1.00. The third-order valence-electron chi connectivity index (χ3n) is 2.57. The molecule has 0 rings (SSSR count). The summed E-state index contributed by atoms with van der Waals surface area (Å²) < 4.78 is 5.32. The summed E-state index contributed by atoms with van der Waals surface area (Å²) in [6, 6.07) is 0. The first-order valence-corrected chi connectivity index (χ1v) is 5.65. The molecular formula is C12H27NO. The summed E-state index contributed by atoms with van der Waals surface area (Å²) >= 11 is 0. The first-order valence-electron chi connectivity index (χ1n) is 5.65. The molecule has 0 bridgehead atoms. The molecule has 0 spiro atoms. The van der Waals surface area contributed by atoms with Gasteiger partial charge in [0.05, 0.1) is 6.61 Å². The van der Waals surface area contributed by atoms with E-state index in [0.29, 0.717) is 11.8 Å². The van der Waals surface area contributed by atoms with Crippen molar-refractivity contribution in [1.29, 1.82) is 0 Å². The maximum Gasteiger partial charge on any atom is 0.0530 e. The van der Waals surface area contributed by atoms with Gasteiger partial charge in [-0.15, -0.1) is 0 Å². The lowest BCUT2D eigenvalue weighted by Gasteiger charge is -2.35. The van der Waals surface area contributed by atoms with Crippen molar-refractivity contribution in [2.24, 2.45) is 23.0 Å². The van der Waals surface area contributed by atoms with Crippen molar-refractivity contribution >= 4 is 0 Å². The quantitative estimate of drug-likeness (QED) is 0.687. The van der Waals surface area contributed by atoms with E-state index in [1.165, 1.54) is 0 Å². The zero-order valence-electron chi connectivity index (χ0n) is 10.5. The molecule has 0 heterocycles. The number of hydrogen-bond donors (Lipinski definition) is 1. The lowest BCUT2D eigenvalue weighted by atomic mass is 9.75. The van der Waals surface area contributed by atoms with E-state index in [1.54, 1.807) is 7.11 Å². The Labute approximate surface area is 89.2 Å². The molecule has 0 aliphatic rings. The second-order valence-electron chi connectivity index (χ2n) is 5.33. The van der Waals surface area contributed by atoms with Gasteiger partial charge in [-0.3, -0.25) is 0 Å². The molecule has 2 N–H and O–H groups in total. The van der Waals surface area contributed by atoms with E-state index in [2.05, 4.69) is 27.7 Å². The molecule has 0 atom stereocenters. The summed E-state index contributed by atoms with van der Waals surface area (Å²) in [6.07, 6.45) is 2.32. The zero-order valence-corrected chi connectivity index (χ0v) is 10.5. The number of ether oxygens (including phenoxy) is 1. The van der Waals surface area contributed by atoms with Crippen LogP contribution in [-0.4, -0.2) is 20.3 Å². The normalized spacial score (nSPS) is 12.9. The van der Waals surface area contributed by atoms with Crippen LogP contribution in [0.3, 0.4) is 0 Å². The van der Waals surface area contributed by atoms with Gasteiger partial charge < -0.3 is 10.5 Å². The van der Waals surface area contributed by atoms with Crippen molar-refractivity contribution in [3.63, 3.8) is 0 Å². The highest BCUT2D eigenvalue weighted by Crippen LogP contribution is 2.32. The second kappa shape index (κ2) is 6.41. The maximum absolute atomic E-state index is 5.91. The summed E-state index contributed by atoms with van der Waals surface area (Å²) in [5, 5.41) is 0. The third kappa shape index (κ3) is 4.97. The van der Waals surface area contributed by atoms with Crippen molar-refractivity contribution in [3.8, 4) is 0 Å². The molecule has 0 unspecified atom stereocenters. The van der Waals surface area contributed by atoms with Crippen molar-refractivity contribution < 1.29 is 4.74 Å². The summed E-state index contributed by atoms with van der Waals surface area (Å²) in [7, 11) is 1.77. The van der Waals surface area contributed by atoms with Crippen LogP contribution < -0.4 is 5.73 Å². The van der Waals surface area contributed by atoms with Crippen LogP contribution in [0.5, 0.6) is 0 Å². The molecule has 86 valence electrons. The first-order chi connectivity index (χ1) is 6.45. The summed E-state index contributed by atoms with van der Waals surface area (Å²) in [5.41, 5.74) is 6.10. The average Bonchev–Trinajstić information content (AvgIpc) is 2.02. The van der Waals surface area contributed by atoms with Crippen LogP contribution in [0.2, 0.25) is 0 Å². The monoisotopic (exact) mass is 201 g/mol. The van der Waals surface area contributed by atoms with Gasteiger partial charge >= 0.3 is 0 Å². The molecule has 0 saturated heterocycles. The Kier molecular flexibility index (Phi) is 6.38. The average molecular weight is 201 g/mol. The van der Waals surface area contributed by atoms with Gasteiger partial charge in [0.2, 0.25) is 0 Å². The molecule has 0 fully saturated rings. The zero-order chi connectivity index (χ0) is 11.2. The Morgan fingerprint density at radius 2 is 1.50 bits per heavy atom. The lowest BCUT2D eigenvalue weighted by Crippen LogP contribution is -2.37. The van der Waals surface area contributed by atoms with Gasteiger partial charge in [0.1, 0.15) is 0 Å². The minimum atomic E-state index is 0.192. The van der Waals surface area contributed by atoms with Gasteiger partial charge in [0.25, 0.3) is 0 Å². The molecule has 0 amide bonds. The Morgan fingerprint density at radius 1 is 1.07 bits per heavy atom. The van der Waals surface area contributed by atoms with Crippen LogP contribution >= 0.6 is 0 Å². The molecule has 14 heavy (non-hydrogen) atoms. The van der Waals surface area contributed by atoms with E-state index >= 15 is 0 Å². The standard InChI is InChI=1S/C12H27NO/c1-10(2)6-12(8-13,9-14-5)7-11(3)4/h10-11H,6-9,13H2,1-5H3. The third-order valence-corrected chi connectivity index (χ3v) is 2.57. The number of nitrogens with two attached hydrogens (primary N) is 1. The van der Waals surface area contributed by atoms with Gasteiger partial charge in [0, 0.05) is 19.1 Å². The Bertz CT molecular complexity index is 133. The van der Waals surface area contributed by atoms with Crippen LogP contribution in [0.25, 0.3) is 0 Å². The van der Waals surface area contributed by atoms with Gasteiger partial charge in [-0.05, 0) is 24.7 Å². The van der Waals surface area contributed by atoms with Crippen LogP contribution in [0.4, 0.5) is 0 Å². The Morgan fingerprint density at radius 3 is 1.71 bits per heavy atom. The smallest absolute Gasteiger partial charge is 0.0530 e. The number of hydrogen-bond acceptors (Lipinski definition) is 2. The molecular weight excluding hydrogens is 174 g/mol. The molecule has 0 aromatic heterocycles. The van der Waals surface area contributed by atoms with E-state index in [9.17, 15) is 0 Å². The van der Waals surface area contributed by atoms with Gasteiger partial charge in [0.15, 0.2) is 0 Å². The number of rotatable bonds is 7. The minimum absolute atomic E-state index is 0.192. The van der Waals surface area contributed by atoms with E-state index in [4.69, 9.17) is 10.5 Å². The minimum Gasteiger partial charge on any atom is -0.384 e. The highest BCUT2D eigenvalue weighted by atomic mass is 16.5. The van der Waals surface area contributed by atoms with Crippen LogP contribution in [0.15, 0.2) is 0 Å². The van der Waals surface area contributed by atoms with Crippen molar-refractivity contribution in [3.05, 3.63) is 0 Å². The second-order valence-corrected chi connectivity index (χ2v) is 5.33. The molecule has 0 aromatic carbocycles. The topological polar surface area (TPSA) is 35.2 Å². The van der Waals surface area contributed by atoms with Crippen molar-refractivity contribution in [2.45, 2.75) is 40.5 Å². The van der Waals surface area contributed by atoms with E-state index in [-0.39, 0.29) is 5.41 Å². The fourth-order valence-corrected chi connectivity index (χ4v) is 2.47. The molecule has 0 saturated carbocycles. The molecule has 0 aliphatic carbocycles. The number of methoxy groups -OCH3 is 1. The molecule has 2 nitrogen and oxygen atoms in total. The molecule has 0 aromatic rings. The van der Waals surface area contributed by atoms with Crippen LogP contribution in [-0.2, 0) is 4.74 Å². The molecule has 0 aliphatic heterocycles. The first kappa shape index (κ1) is 13.9.